The maximum absolute atomic E-state index is 11.8. The number of aromatic nitrogens is 6. The van der Waals surface area contributed by atoms with Gasteiger partial charge in [-0.1, -0.05) is 13.0 Å². The highest BCUT2D eigenvalue weighted by molar-refractivity contribution is 5.98. The summed E-state index contributed by atoms with van der Waals surface area (Å²) in [7, 11) is 0. The normalized spacial score (nSPS) is 11.3. The van der Waals surface area contributed by atoms with Gasteiger partial charge >= 0.3 is 0 Å². The van der Waals surface area contributed by atoms with Crippen LogP contribution in [0.25, 0.3) is 55.8 Å². The highest BCUT2D eigenvalue weighted by atomic mass is 16.3. The number of aromatic amines is 2. The van der Waals surface area contributed by atoms with Gasteiger partial charge in [-0.2, -0.15) is 5.10 Å². The number of carbonyl (C=O) groups is 1. The van der Waals surface area contributed by atoms with Gasteiger partial charge < -0.3 is 14.7 Å². The Morgan fingerprint density at radius 2 is 1.97 bits per heavy atom. The van der Waals surface area contributed by atoms with E-state index >= 15 is 0 Å². The lowest BCUT2D eigenvalue weighted by atomic mass is 10.0. The summed E-state index contributed by atoms with van der Waals surface area (Å²) >= 11 is 0. The quantitative estimate of drug-likeness (QED) is 0.333. The minimum atomic E-state index is -0.0549. The molecule has 0 fully saturated rings. The molecule has 6 rings (SSSR count). The van der Waals surface area contributed by atoms with Crippen molar-refractivity contribution in [2.45, 2.75) is 13.3 Å². The monoisotopic (exact) mass is 449 g/mol. The van der Waals surface area contributed by atoms with Crippen LogP contribution in [0.2, 0.25) is 0 Å². The SMILES string of the molecule is CCC(=O)Nc1cncc(-c2ccc3[nH]nc(-c4nc5c(-c6ccoc6)nccc5[nH]4)c3c2)c1. The molecule has 5 heterocycles. The van der Waals surface area contributed by atoms with Crippen LogP contribution < -0.4 is 5.32 Å². The number of benzene rings is 1. The summed E-state index contributed by atoms with van der Waals surface area (Å²) in [6.45, 7) is 1.81. The number of anilines is 1. The van der Waals surface area contributed by atoms with Gasteiger partial charge in [0.25, 0.3) is 0 Å². The number of fused-ring (bicyclic) bond motifs is 2. The lowest BCUT2D eigenvalue weighted by molar-refractivity contribution is -0.115. The van der Waals surface area contributed by atoms with Crippen LogP contribution in [0, 0.1) is 0 Å². The molecule has 3 N–H and O–H groups in total. The Labute approximate surface area is 193 Å². The first-order chi connectivity index (χ1) is 16.7. The molecular weight excluding hydrogens is 430 g/mol. The lowest BCUT2D eigenvalue weighted by Gasteiger charge is -2.06. The zero-order chi connectivity index (χ0) is 23.1. The number of amides is 1. The third-order valence-electron chi connectivity index (χ3n) is 5.66. The third-order valence-corrected chi connectivity index (χ3v) is 5.66. The molecule has 34 heavy (non-hydrogen) atoms. The second kappa shape index (κ2) is 7.96. The summed E-state index contributed by atoms with van der Waals surface area (Å²) in [5.74, 6) is 0.582. The van der Waals surface area contributed by atoms with Crippen molar-refractivity contribution in [1.29, 1.82) is 0 Å². The molecule has 6 aromatic rings. The Bertz CT molecular complexity index is 1650. The zero-order valence-corrected chi connectivity index (χ0v) is 18.2. The van der Waals surface area contributed by atoms with E-state index in [4.69, 9.17) is 9.40 Å². The van der Waals surface area contributed by atoms with Gasteiger partial charge in [-0.05, 0) is 35.9 Å². The Hall–Kier alpha value is -4.79. The topological polar surface area (TPSA) is 125 Å². The van der Waals surface area contributed by atoms with E-state index in [1.165, 1.54) is 0 Å². The number of hydrogen-bond acceptors (Lipinski definition) is 6. The standard InChI is InChI=1S/C25H19N7O2/c1-2-21(33)28-17-9-16(11-26-12-17)14-3-4-19-18(10-14)23(32-31-19)25-29-20-5-7-27-22(24(20)30-25)15-6-8-34-13-15/h3-13H,2H2,1H3,(H,28,33)(H,29,30)(H,31,32). The molecule has 0 aliphatic carbocycles. The van der Waals surface area contributed by atoms with Crippen LogP contribution in [0.4, 0.5) is 5.69 Å². The predicted molar refractivity (Wildman–Crippen MR) is 129 cm³/mol. The maximum atomic E-state index is 11.8. The number of pyridine rings is 2. The number of hydrogen-bond donors (Lipinski definition) is 3. The fraction of sp³-hybridized carbons (Fsp3) is 0.0800. The number of imidazole rings is 1. The van der Waals surface area contributed by atoms with E-state index in [9.17, 15) is 4.79 Å². The zero-order valence-electron chi connectivity index (χ0n) is 18.2. The summed E-state index contributed by atoms with van der Waals surface area (Å²) in [5, 5.41) is 11.4. The van der Waals surface area contributed by atoms with Crippen molar-refractivity contribution in [3.05, 3.63) is 67.5 Å². The summed E-state index contributed by atoms with van der Waals surface area (Å²) in [6, 6.07) is 11.7. The van der Waals surface area contributed by atoms with Crippen LogP contribution in [0.3, 0.4) is 0 Å². The van der Waals surface area contributed by atoms with Crippen molar-refractivity contribution >= 4 is 33.5 Å². The number of H-pyrrole nitrogens is 2. The van der Waals surface area contributed by atoms with Gasteiger partial charge in [-0.3, -0.25) is 19.9 Å². The minimum Gasteiger partial charge on any atom is -0.472 e. The number of carbonyl (C=O) groups excluding carboxylic acids is 1. The minimum absolute atomic E-state index is 0.0549. The van der Waals surface area contributed by atoms with Crippen molar-refractivity contribution in [2.75, 3.05) is 5.32 Å². The molecule has 0 radical (unpaired) electrons. The van der Waals surface area contributed by atoms with E-state index in [0.29, 0.717) is 23.6 Å². The molecule has 0 atom stereocenters. The fourth-order valence-electron chi connectivity index (χ4n) is 3.95. The van der Waals surface area contributed by atoms with E-state index in [2.05, 4.69) is 30.5 Å². The average molecular weight is 449 g/mol. The molecule has 0 unspecified atom stereocenters. The predicted octanol–water partition coefficient (Wildman–Crippen LogP) is 5.17. The van der Waals surface area contributed by atoms with Crippen LogP contribution in [-0.2, 0) is 4.79 Å². The van der Waals surface area contributed by atoms with Gasteiger partial charge in [-0.25, -0.2) is 4.98 Å². The van der Waals surface area contributed by atoms with Gasteiger partial charge in [0.05, 0.1) is 35.4 Å². The number of furan rings is 1. The third kappa shape index (κ3) is 3.39. The van der Waals surface area contributed by atoms with E-state index in [0.717, 1.165) is 44.3 Å². The van der Waals surface area contributed by atoms with E-state index < -0.39 is 0 Å². The highest BCUT2D eigenvalue weighted by Crippen LogP contribution is 2.32. The molecule has 0 aliphatic heterocycles. The van der Waals surface area contributed by atoms with Crippen LogP contribution in [0.5, 0.6) is 0 Å². The molecule has 1 aromatic carbocycles. The summed E-state index contributed by atoms with van der Waals surface area (Å²) in [5.41, 5.74) is 7.29. The largest absolute Gasteiger partial charge is 0.472 e. The Balaban J connectivity index is 1.43. The van der Waals surface area contributed by atoms with Gasteiger partial charge in [0.15, 0.2) is 5.82 Å². The number of nitrogens with zero attached hydrogens (tertiary/aromatic N) is 4. The van der Waals surface area contributed by atoms with Crippen molar-refractivity contribution in [3.8, 4) is 33.9 Å². The Morgan fingerprint density at radius 3 is 2.82 bits per heavy atom. The second-order valence-electron chi connectivity index (χ2n) is 7.85. The molecule has 9 heteroatoms. The van der Waals surface area contributed by atoms with Crippen LogP contribution in [-0.4, -0.2) is 36.0 Å². The van der Waals surface area contributed by atoms with Gasteiger partial charge in [0, 0.05) is 35.3 Å². The van der Waals surface area contributed by atoms with E-state index in [1.54, 1.807) is 31.1 Å². The smallest absolute Gasteiger partial charge is 0.224 e. The summed E-state index contributed by atoms with van der Waals surface area (Å²) in [4.78, 5) is 28.7. The first-order valence-electron chi connectivity index (χ1n) is 10.8. The Morgan fingerprint density at radius 1 is 1.03 bits per heavy atom. The molecule has 0 saturated heterocycles. The number of rotatable bonds is 5. The van der Waals surface area contributed by atoms with Crippen molar-refractivity contribution in [1.82, 2.24) is 30.1 Å². The van der Waals surface area contributed by atoms with E-state index in [1.807, 2.05) is 43.3 Å². The number of nitrogens with one attached hydrogen (secondary N) is 3. The van der Waals surface area contributed by atoms with E-state index in [-0.39, 0.29) is 5.91 Å². The molecule has 0 aliphatic rings. The van der Waals surface area contributed by atoms with Crippen LogP contribution in [0.15, 0.2) is 71.9 Å². The molecule has 0 bridgehead atoms. The summed E-state index contributed by atoms with van der Waals surface area (Å²) in [6.07, 6.45) is 8.82. The second-order valence-corrected chi connectivity index (χ2v) is 7.85. The summed E-state index contributed by atoms with van der Waals surface area (Å²) < 4.78 is 5.22. The van der Waals surface area contributed by atoms with Gasteiger partial charge in [0.1, 0.15) is 16.9 Å². The molecule has 166 valence electrons. The molecule has 0 saturated carbocycles. The lowest BCUT2D eigenvalue weighted by Crippen LogP contribution is -2.09. The van der Waals surface area contributed by atoms with Crippen molar-refractivity contribution < 1.29 is 9.21 Å². The molecule has 1 amide bonds. The Kier molecular flexibility index (Phi) is 4.65. The van der Waals surface area contributed by atoms with Crippen molar-refractivity contribution in [3.63, 3.8) is 0 Å². The van der Waals surface area contributed by atoms with Crippen LogP contribution in [0.1, 0.15) is 13.3 Å². The molecule has 9 nitrogen and oxygen atoms in total. The molecular formula is C25H19N7O2. The van der Waals surface area contributed by atoms with Gasteiger partial charge in [0.2, 0.25) is 5.91 Å². The highest BCUT2D eigenvalue weighted by Gasteiger charge is 2.17. The van der Waals surface area contributed by atoms with Gasteiger partial charge in [-0.15, -0.1) is 0 Å². The average Bonchev–Trinajstić information content (AvgIpc) is 3.62. The first kappa shape index (κ1) is 19.9. The van der Waals surface area contributed by atoms with Crippen LogP contribution >= 0.6 is 0 Å². The van der Waals surface area contributed by atoms with Crippen molar-refractivity contribution in [2.24, 2.45) is 0 Å². The maximum Gasteiger partial charge on any atom is 0.224 e. The molecule has 0 spiro atoms. The first-order valence-corrected chi connectivity index (χ1v) is 10.8. The molecule has 5 aromatic heterocycles. The fourth-order valence-corrected chi connectivity index (χ4v) is 3.95.